The van der Waals surface area contributed by atoms with Gasteiger partial charge in [-0.2, -0.15) is 0 Å². The van der Waals surface area contributed by atoms with E-state index in [1.807, 2.05) is 6.92 Å². The van der Waals surface area contributed by atoms with Gasteiger partial charge in [-0.1, -0.05) is 6.92 Å². The molecule has 0 N–H and O–H groups in total. The van der Waals surface area contributed by atoms with Crippen LogP contribution in [0.2, 0.25) is 0 Å². The number of carbonyl (C=O) groups is 1. The predicted molar refractivity (Wildman–Crippen MR) is 73.7 cm³/mol. The molecule has 0 spiro atoms. The minimum absolute atomic E-state index is 0.0252. The van der Waals surface area contributed by atoms with E-state index in [9.17, 15) is 13.6 Å². The average molecular weight is 335 g/mol. The third kappa shape index (κ3) is 4.24. The Hall–Kier alpha value is -1.01. The van der Waals surface area contributed by atoms with Crippen LogP contribution in [0.1, 0.15) is 12.5 Å². The molecule has 0 atom stereocenters. The SMILES string of the molecule is CCN(CC(=O)N(C)C)Cc1c(F)ccc(Br)c1F. The topological polar surface area (TPSA) is 23.6 Å². The Balaban J connectivity index is 2.87. The molecule has 0 heterocycles. The van der Waals surface area contributed by atoms with Gasteiger partial charge in [0.05, 0.1) is 11.0 Å². The van der Waals surface area contributed by atoms with Crippen LogP contribution in [-0.4, -0.2) is 42.9 Å². The molecule has 0 unspecified atom stereocenters. The number of rotatable bonds is 5. The second kappa shape index (κ2) is 6.96. The van der Waals surface area contributed by atoms with Crippen molar-refractivity contribution in [3.05, 3.63) is 33.8 Å². The lowest BCUT2D eigenvalue weighted by molar-refractivity contribution is -0.130. The highest BCUT2D eigenvalue weighted by Crippen LogP contribution is 2.22. The van der Waals surface area contributed by atoms with Crippen LogP contribution in [0, 0.1) is 11.6 Å². The van der Waals surface area contributed by atoms with Crippen LogP contribution in [0.25, 0.3) is 0 Å². The highest BCUT2D eigenvalue weighted by molar-refractivity contribution is 9.10. The molecule has 6 heteroatoms. The van der Waals surface area contributed by atoms with Crippen LogP contribution in [-0.2, 0) is 11.3 Å². The molecule has 3 nitrogen and oxygen atoms in total. The first-order chi connectivity index (χ1) is 8.86. The third-order valence-electron chi connectivity index (χ3n) is 2.83. The van der Waals surface area contributed by atoms with Crippen molar-refractivity contribution in [1.29, 1.82) is 0 Å². The Morgan fingerprint density at radius 3 is 2.47 bits per heavy atom. The van der Waals surface area contributed by atoms with E-state index in [4.69, 9.17) is 0 Å². The first-order valence-electron chi connectivity index (χ1n) is 5.91. The van der Waals surface area contributed by atoms with Crippen molar-refractivity contribution in [3.63, 3.8) is 0 Å². The van der Waals surface area contributed by atoms with Crippen molar-refractivity contribution in [2.45, 2.75) is 13.5 Å². The van der Waals surface area contributed by atoms with E-state index < -0.39 is 11.6 Å². The molecular formula is C13H17BrF2N2O. The molecule has 0 fully saturated rings. The lowest BCUT2D eigenvalue weighted by Gasteiger charge is -2.22. The molecule has 1 aromatic rings. The summed E-state index contributed by atoms with van der Waals surface area (Å²) in [6, 6.07) is 2.54. The van der Waals surface area contributed by atoms with Crippen LogP contribution in [0.4, 0.5) is 8.78 Å². The summed E-state index contributed by atoms with van der Waals surface area (Å²) in [5.74, 6) is -1.31. The average Bonchev–Trinajstić information content (AvgIpc) is 2.37. The van der Waals surface area contributed by atoms with Gasteiger partial charge in [-0.05, 0) is 34.6 Å². The minimum Gasteiger partial charge on any atom is -0.348 e. The van der Waals surface area contributed by atoms with Crippen molar-refractivity contribution in [2.24, 2.45) is 0 Å². The zero-order valence-electron chi connectivity index (χ0n) is 11.2. The Kier molecular flexibility index (Phi) is 5.87. The second-order valence-corrected chi connectivity index (χ2v) is 5.27. The number of hydrogen-bond donors (Lipinski definition) is 0. The molecule has 106 valence electrons. The van der Waals surface area contributed by atoms with Crippen molar-refractivity contribution >= 4 is 21.8 Å². The zero-order valence-corrected chi connectivity index (χ0v) is 12.8. The number of likely N-dealkylation sites (N-methyl/N-ethyl adjacent to an activating group) is 2. The van der Waals surface area contributed by atoms with Gasteiger partial charge in [-0.3, -0.25) is 9.69 Å². The summed E-state index contributed by atoms with van der Waals surface area (Å²) in [5.41, 5.74) is -0.0252. The van der Waals surface area contributed by atoms with Gasteiger partial charge in [0.2, 0.25) is 5.91 Å². The smallest absolute Gasteiger partial charge is 0.236 e. The number of benzene rings is 1. The Morgan fingerprint density at radius 1 is 1.32 bits per heavy atom. The van der Waals surface area contributed by atoms with Gasteiger partial charge in [0.25, 0.3) is 0 Å². The monoisotopic (exact) mass is 334 g/mol. The molecule has 0 aromatic heterocycles. The molecular weight excluding hydrogens is 318 g/mol. The van der Waals surface area contributed by atoms with Crippen molar-refractivity contribution in [1.82, 2.24) is 9.80 Å². The minimum atomic E-state index is -0.615. The largest absolute Gasteiger partial charge is 0.348 e. The quantitative estimate of drug-likeness (QED) is 0.773. The third-order valence-corrected chi connectivity index (χ3v) is 3.44. The van der Waals surface area contributed by atoms with E-state index in [-0.39, 0.29) is 29.0 Å². The molecule has 0 saturated heterocycles. The van der Waals surface area contributed by atoms with Gasteiger partial charge >= 0.3 is 0 Å². The van der Waals surface area contributed by atoms with E-state index in [0.717, 1.165) is 0 Å². The Morgan fingerprint density at radius 2 is 1.95 bits per heavy atom. The van der Waals surface area contributed by atoms with Gasteiger partial charge in [-0.15, -0.1) is 0 Å². The van der Waals surface area contributed by atoms with Crippen LogP contribution >= 0.6 is 15.9 Å². The summed E-state index contributed by atoms with van der Waals surface area (Å²) in [4.78, 5) is 14.8. The summed E-state index contributed by atoms with van der Waals surface area (Å²) < 4.78 is 27.7. The highest BCUT2D eigenvalue weighted by Gasteiger charge is 2.17. The fourth-order valence-electron chi connectivity index (χ4n) is 1.55. The molecule has 0 aliphatic rings. The standard InChI is InChI=1S/C13H17BrF2N2O/c1-4-18(8-12(19)17(2)3)7-9-11(15)6-5-10(14)13(9)16/h5-6H,4,7-8H2,1-3H3. The molecule has 0 radical (unpaired) electrons. The number of amides is 1. The number of nitrogens with zero attached hydrogens (tertiary/aromatic N) is 2. The lowest BCUT2D eigenvalue weighted by Crippen LogP contribution is -2.36. The van der Waals surface area contributed by atoms with Gasteiger partial charge in [-0.25, -0.2) is 8.78 Å². The molecule has 0 aliphatic heterocycles. The van der Waals surface area contributed by atoms with Gasteiger partial charge in [0, 0.05) is 26.2 Å². The number of halogens is 3. The summed E-state index contributed by atoms with van der Waals surface area (Å²) in [6.07, 6.45) is 0. The maximum Gasteiger partial charge on any atom is 0.236 e. The summed E-state index contributed by atoms with van der Waals surface area (Å²) >= 11 is 3.03. The predicted octanol–water partition coefficient (Wildman–Crippen LogP) is 2.64. The van der Waals surface area contributed by atoms with Crippen LogP contribution in [0.3, 0.4) is 0 Å². The molecule has 1 aromatic carbocycles. The van der Waals surface area contributed by atoms with Crippen LogP contribution in [0.15, 0.2) is 16.6 Å². The van der Waals surface area contributed by atoms with Gasteiger partial charge in [0.1, 0.15) is 11.6 Å². The van der Waals surface area contributed by atoms with E-state index in [1.54, 1.807) is 19.0 Å². The highest BCUT2D eigenvalue weighted by atomic mass is 79.9. The Labute approximate surface area is 120 Å². The van der Waals surface area contributed by atoms with Crippen molar-refractivity contribution < 1.29 is 13.6 Å². The molecule has 0 bridgehead atoms. The number of carbonyl (C=O) groups excluding carboxylic acids is 1. The molecule has 19 heavy (non-hydrogen) atoms. The fourth-order valence-corrected chi connectivity index (χ4v) is 1.92. The van der Waals surface area contributed by atoms with E-state index in [0.29, 0.717) is 6.54 Å². The molecule has 1 rings (SSSR count). The van der Waals surface area contributed by atoms with Gasteiger partial charge in [0.15, 0.2) is 0 Å². The summed E-state index contributed by atoms with van der Waals surface area (Å²) in [6.45, 7) is 2.57. The van der Waals surface area contributed by atoms with Gasteiger partial charge < -0.3 is 4.90 Å². The van der Waals surface area contributed by atoms with E-state index in [2.05, 4.69) is 15.9 Å². The second-order valence-electron chi connectivity index (χ2n) is 4.41. The summed E-state index contributed by atoms with van der Waals surface area (Å²) in [7, 11) is 3.30. The maximum atomic E-state index is 13.8. The van der Waals surface area contributed by atoms with Crippen LogP contribution in [0.5, 0.6) is 0 Å². The lowest BCUT2D eigenvalue weighted by atomic mass is 10.2. The molecule has 1 amide bonds. The Bertz CT molecular complexity index is 466. The fraction of sp³-hybridized carbons (Fsp3) is 0.462. The maximum absolute atomic E-state index is 13.8. The van der Waals surface area contributed by atoms with Crippen molar-refractivity contribution in [2.75, 3.05) is 27.2 Å². The summed E-state index contributed by atoms with van der Waals surface area (Å²) in [5, 5.41) is 0. The first kappa shape index (κ1) is 16.0. The zero-order chi connectivity index (χ0) is 14.6. The van der Waals surface area contributed by atoms with Crippen molar-refractivity contribution in [3.8, 4) is 0 Å². The normalized spacial score (nSPS) is 10.9. The van der Waals surface area contributed by atoms with E-state index >= 15 is 0 Å². The first-order valence-corrected chi connectivity index (χ1v) is 6.71. The number of hydrogen-bond acceptors (Lipinski definition) is 2. The van der Waals surface area contributed by atoms with E-state index in [1.165, 1.54) is 17.0 Å². The molecule has 0 saturated carbocycles. The van der Waals surface area contributed by atoms with Crippen LogP contribution < -0.4 is 0 Å². The molecule has 0 aliphatic carbocycles.